The molecule has 3 rings (SSSR count). The monoisotopic (exact) mass is 311 g/mol. The van der Waals surface area contributed by atoms with Gasteiger partial charge in [0.25, 0.3) is 5.69 Å². The van der Waals surface area contributed by atoms with Crippen LogP contribution in [0.15, 0.2) is 29.2 Å². The first kappa shape index (κ1) is 14.4. The van der Waals surface area contributed by atoms with Crippen LogP contribution in [0.2, 0.25) is 0 Å². The molecule has 0 radical (unpaired) electrons. The van der Waals surface area contributed by atoms with Crippen molar-refractivity contribution in [1.82, 2.24) is 9.62 Å². The largest absolute Gasteiger partial charge is 0.310 e. The van der Waals surface area contributed by atoms with E-state index in [-0.39, 0.29) is 16.1 Å². The molecule has 1 N–H and O–H groups in total. The van der Waals surface area contributed by atoms with E-state index >= 15 is 0 Å². The van der Waals surface area contributed by atoms with Crippen molar-refractivity contribution in [2.24, 2.45) is 0 Å². The Labute approximate surface area is 123 Å². The molecule has 0 bridgehead atoms. The van der Waals surface area contributed by atoms with Gasteiger partial charge in [-0.1, -0.05) is 12.1 Å². The molecule has 2 fully saturated rings. The Morgan fingerprint density at radius 1 is 1.29 bits per heavy atom. The number of rotatable bonds is 3. The number of nitro groups is 1. The van der Waals surface area contributed by atoms with Gasteiger partial charge in [0.2, 0.25) is 10.0 Å². The van der Waals surface area contributed by atoms with E-state index in [4.69, 9.17) is 0 Å². The molecule has 7 nitrogen and oxygen atoms in total. The van der Waals surface area contributed by atoms with Gasteiger partial charge >= 0.3 is 0 Å². The average molecular weight is 311 g/mol. The van der Waals surface area contributed by atoms with E-state index in [1.54, 1.807) is 0 Å². The number of sulfonamides is 1. The minimum atomic E-state index is -3.83. The van der Waals surface area contributed by atoms with E-state index in [1.165, 1.54) is 28.6 Å². The highest BCUT2D eigenvalue weighted by Gasteiger charge is 2.45. The summed E-state index contributed by atoms with van der Waals surface area (Å²) in [4.78, 5) is 10.2. The summed E-state index contributed by atoms with van der Waals surface area (Å²) in [5.74, 6) is 0. The smallest absolute Gasteiger partial charge is 0.289 e. The molecule has 0 saturated carbocycles. The number of nitrogens with zero attached hydrogens (tertiary/aromatic N) is 2. The van der Waals surface area contributed by atoms with Crippen molar-refractivity contribution in [3.8, 4) is 0 Å². The average Bonchev–Trinajstić information content (AvgIpc) is 3.10. The molecular formula is C13H17N3O4S. The molecule has 8 heteroatoms. The lowest BCUT2D eigenvalue weighted by Crippen LogP contribution is -2.43. The van der Waals surface area contributed by atoms with Crippen molar-refractivity contribution < 1.29 is 13.3 Å². The summed E-state index contributed by atoms with van der Waals surface area (Å²) in [5.41, 5.74) is -0.505. The molecule has 2 saturated heterocycles. The molecule has 0 amide bonds. The maximum absolute atomic E-state index is 12.7. The van der Waals surface area contributed by atoms with E-state index in [1.807, 2.05) is 0 Å². The second-order valence-electron chi connectivity index (χ2n) is 5.62. The summed E-state index contributed by atoms with van der Waals surface area (Å²) in [5, 5.41) is 14.4. The van der Waals surface area contributed by atoms with Crippen molar-refractivity contribution in [2.45, 2.75) is 29.7 Å². The van der Waals surface area contributed by atoms with Gasteiger partial charge in [-0.05, 0) is 31.9 Å². The van der Waals surface area contributed by atoms with Crippen LogP contribution in [0, 0.1) is 10.1 Å². The third-order valence-electron chi connectivity index (χ3n) is 4.33. The van der Waals surface area contributed by atoms with Crippen LogP contribution in [0.3, 0.4) is 0 Å². The van der Waals surface area contributed by atoms with E-state index in [0.717, 1.165) is 25.8 Å². The van der Waals surface area contributed by atoms with Crippen LogP contribution in [0.25, 0.3) is 0 Å². The number of hydrogen-bond acceptors (Lipinski definition) is 5. The van der Waals surface area contributed by atoms with Crippen LogP contribution in [-0.2, 0) is 10.0 Å². The number of nitrogens with one attached hydrogen (secondary N) is 1. The van der Waals surface area contributed by atoms with E-state index in [2.05, 4.69) is 5.32 Å². The first-order chi connectivity index (χ1) is 9.95. The number of nitro benzene ring substituents is 1. The molecule has 0 aromatic heterocycles. The Kier molecular flexibility index (Phi) is 3.46. The van der Waals surface area contributed by atoms with Gasteiger partial charge < -0.3 is 5.32 Å². The van der Waals surface area contributed by atoms with Crippen LogP contribution >= 0.6 is 0 Å². The van der Waals surface area contributed by atoms with Gasteiger partial charge in [-0.25, -0.2) is 8.42 Å². The predicted molar refractivity (Wildman–Crippen MR) is 76.4 cm³/mol. The summed E-state index contributed by atoms with van der Waals surface area (Å²) >= 11 is 0. The van der Waals surface area contributed by atoms with Gasteiger partial charge in [-0.3, -0.25) is 10.1 Å². The first-order valence-corrected chi connectivity index (χ1v) is 8.37. The van der Waals surface area contributed by atoms with Gasteiger partial charge in [-0.2, -0.15) is 4.31 Å². The normalized spacial score (nSPS) is 26.5. The Bertz CT molecular complexity index is 668. The lowest BCUT2D eigenvalue weighted by Gasteiger charge is -2.24. The van der Waals surface area contributed by atoms with E-state index in [0.29, 0.717) is 13.1 Å². The predicted octanol–water partition coefficient (Wildman–Crippen LogP) is 1.11. The Morgan fingerprint density at radius 3 is 2.71 bits per heavy atom. The molecule has 2 aliphatic rings. The fourth-order valence-electron chi connectivity index (χ4n) is 3.22. The van der Waals surface area contributed by atoms with Gasteiger partial charge in [-0.15, -0.1) is 0 Å². The van der Waals surface area contributed by atoms with Crippen LogP contribution in [-0.4, -0.2) is 42.8 Å². The van der Waals surface area contributed by atoms with Crippen LogP contribution in [0.5, 0.6) is 0 Å². The Hall–Kier alpha value is -1.51. The number of hydrogen-bond donors (Lipinski definition) is 1. The highest BCUT2D eigenvalue weighted by molar-refractivity contribution is 7.89. The van der Waals surface area contributed by atoms with Gasteiger partial charge in [0.05, 0.1) is 4.92 Å². The molecular weight excluding hydrogens is 294 g/mol. The lowest BCUT2D eigenvalue weighted by atomic mass is 9.97. The summed E-state index contributed by atoms with van der Waals surface area (Å²) in [6, 6.07) is 5.52. The quantitative estimate of drug-likeness (QED) is 0.667. The highest BCUT2D eigenvalue weighted by Crippen LogP contribution is 2.35. The van der Waals surface area contributed by atoms with Gasteiger partial charge in [0.15, 0.2) is 4.90 Å². The molecule has 21 heavy (non-hydrogen) atoms. The van der Waals surface area contributed by atoms with Crippen LogP contribution < -0.4 is 5.32 Å². The fourth-order valence-corrected chi connectivity index (χ4v) is 4.91. The highest BCUT2D eigenvalue weighted by atomic mass is 32.2. The second kappa shape index (κ2) is 5.04. The molecule has 1 spiro atoms. The molecule has 1 unspecified atom stereocenters. The Balaban J connectivity index is 1.93. The maximum atomic E-state index is 12.7. The maximum Gasteiger partial charge on any atom is 0.289 e. The van der Waals surface area contributed by atoms with Crippen molar-refractivity contribution in [3.63, 3.8) is 0 Å². The molecule has 114 valence electrons. The first-order valence-electron chi connectivity index (χ1n) is 6.93. The topological polar surface area (TPSA) is 92.5 Å². The van der Waals surface area contributed by atoms with Crippen molar-refractivity contribution in [1.29, 1.82) is 0 Å². The van der Waals surface area contributed by atoms with Crippen LogP contribution in [0.4, 0.5) is 5.69 Å². The van der Waals surface area contributed by atoms with Gasteiger partial charge in [0, 0.05) is 24.7 Å². The van der Waals surface area contributed by atoms with Crippen molar-refractivity contribution in [2.75, 3.05) is 19.6 Å². The minimum Gasteiger partial charge on any atom is -0.310 e. The van der Waals surface area contributed by atoms with Crippen molar-refractivity contribution >= 4 is 15.7 Å². The second-order valence-corrected chi connectivity index (χ2v) is 7.53. The molecule has 0 aliphatic carbocycles. The summed E-state index contributed by atoms with van der Waals surface area (Å²) < 4.78 is 26.8. The number of benzene rings is 1. The summed E-state index contributed by atoms with van der Waals surface area (Å²) in [7, 11) is -3.83. The molecule has 1 atom stereocenters. The number of para-hydroxylation sites is 1. The zero-order valence-electron chi connectivity index (χ0n) is 11.5. The third-order valence-corrected chi connectivity index (χ3v) is 6.22. The standard InChI is InChI=1S/C13H17N3O4S/c17-16(18)11-4-1-2-5-12(11)21(19,20)15-9-7-13(10-15)6-3-8-14-13/h1-2,4-5,14H,3,6-10H2. The molecule has 2 heterocycles. The van der Waals surface area contributed by atoms with E-state index in [9.17, 15) is 18.5 Å². The van der Waals surface area contributed by atoms with Gasteiger partial charge in [0.1, 0.15) is 0 Å². The fraction of sp³-hybridized carbons (Fsp3) is 0.538. The third kappa shape index (κ3) is 2.43. The lowest BCUT2D eigenvalue weighted by molar-refractivity contribution is -0.387. The Morgan fingerprint density at radius 2 is 2.05 bits per heavy atom. The van der Waals surface area contributed by atoms with Crippen molar-refractivity contribution in [3.05, 3.63) is 34.4 Å². The summed E-state index contributed by atoms with van der Waals surface area (Å²) in [6.45, 7) is 1.70. The summed E-state index contributed by atoms with van der Waals surface area (Å²) in [6.07, 6.45) is 2.75. The minimum absolute atomic E-state index is 0.142. The SMILES string of the molecule is O=[N+]([O-])c1ccccc1S(=O)(=O)N1CCC2(CCCN2)C1. The zero-order valence-corrected chi connectivity index (χ0v) is 12.3. The van der Waals surface area contributed by atoms with Crippen LogP contribution in [0.1, 0.15) is 19.3 Å². The van der Waals surface area contributed by atoms with E-state index < -0.39 is 14.9 Å². The zero-order chi connectivity index (χ0) is 15.1. The molecule has 2 aliphatic heterocycles. The molecule has 1 aromatic carbocycles. The molecule has 1 aromatic rings.